The molecule has 2 aromatic rings. The monoisotopic (exact) mass is 321 g/mol. The van der Waals surface area contributed by atoms with E-state index in [0.717, 1.165) is 0 Å². The van der Waals surface area contributed by atoms with Crippen LogP contribution < -0.4 is 10.1 Å². The van der Waals surface area contributed by atoms with Gasteiger partial charge in [0.05, 0.1) is 18.4 Å². The van der Waals surface area contributed by atoms with Crippen LogP contribution in [0.5, 0.6) is 11.5 Å². The van der Waals surface area contributed by atoms with Crippen LogP contribution in [0.25, 0.3) is 0 Å². The van der Waals surface area contributed by atoms with Crippen molar-refractivity contribution in [2.24, 2.45) is 0 Å². The number of ether oxygens (including phenoxy) is 1. The number of halogens is 1. The number of amides is 1. The molecule has 0 atom stereocenters. The Labute approximate surface area is 119 Å². The van der Waals surface area contributed by atoms with Crippen LogP contribution in [-0.2, 0) is 0 Å². The first-order chi connectivity index (χ1) is 9.11. The zero-order valence-electron chi connectivity index (χ0n) is 10.2. The smallest absolute Gasteiger partial charge is 0.257 e. The van der Waals surface area contributed by atoms with Crippen LogP contribution in [0.3, 0.4) is 0 Å². The van der Waals surface area contributed by atoms with Gasteiger partial charge in [-0.1, -0.05) is 12.1 Å². The Balaban J connectivity index is 2.28. The number of methoxy groups -OCH3 is 1. The molecule has 0 saturated carbocycles. The molecule has 0 spiro atoms. The summed E-state index contributed by atoms with van der Waals surface area (Å²) in [4.78, 5) is 12.1. The molecule has 5 heteroatoms. The Morgan fingerprint density at radius 2 is 2.00 bits per heavy atom. The number of anilines is 1. The van der Waals surface area contributed by atoms with Crippen LogP contribution in [-0.4, -0.2) is 18.1 Å². The average molecular weight is 322 g/mol. The summed E-state index contributed by atoms with van der Waals surface area (Å²) in [5.41, 5.74) is 0.796. The number of aromatic hydroxyl groups is 1. The molecule has 0 aromatic heterocycles. The molecule has 1 amide bonds. The quantitative estimate of drug-likeness (QED) is 0.852. The normalized spacial score (nSPS) is 10.0. The van der Waals surface area contributed by atoms with E-state index < -0.39 is 0 Å². The Kier molecular flexibility index (Phi) is 4.06. The van der Waals surface area contributed by atoms with Gasteiger partial charge in [0.2, 0.25) is 0 Å². The van der Waals surface area contributed by atoms with Crippen LogP contribution in [0.1, 0.15) is 10.4 Å². The minimum Gasteiger partial charge on any atom is -0.506 e. The highest BCUT2D eigenvalue weighted by molar-refractivity contribution is 9.10. The number of hydrogen-bond acceptors (Lipinski definition) is 3. The third kappa shape index (κ3) is 3.06. The molecule has 0 saturated heterocycles. The summed E-state index contributed by atoms with van der Waals surface area (Å²) >= 11 is 3.31. The van der Waals surface area contributed by atoms with Gasteiger partial charge in [-0.05, 0) is 46.3 Å². The van der Waals surface area contributed by atoms with Gasteiger partial charge < -0.3 is 15.2 Å². The second kappa shape index (κ2) is 5.75. The third-order valence-corrected chi connectivity index (χ3v) is 3.26. The molecule has 2 N–H and O–H groups in total. The van der Waals surface area contributed by atoms with E-state index in [2.05, 4.69) is 21.2 Å². The largest absolute Gasteiger partial charge is 0.506 e. The predicted octanol–water partition coefficient (Wildman–Crippen LogP) is 3.42. The number of hydrogen-bond donors (Lipinski definition) is 2. The average Bonchev–Trinajstić information content (AvgIpc) is 2.42. The van der Waals surface area contributed by atoms with Gasteiger partial charge in [0.25, 0.3) is 5.91 Å². The number of rotatable bonds is 3. The van der Waals surface area contributed by atoms with E-state index in [4.69, 9.17) is 4.74 Å². The second-order valence-electron chi connectivity index (χ2n) is 3.82. The van der Waals surface area contributed by atoms with Gasteiger partial charge in [0, 0.05) is 4.47 Å². The van der Waals surface area contributed by atoms with Crippen molar-refractivity contribution < 1.29 is 14.6 Å². The van der Waals surface area contributed by atoms with Crippen molar-refractivity contribution in [3.05, 3.63) is 52.5 Å². The Hall–Kier alpha value is -2.01. The third-order valence-electron chi connectivity index (χ3n) is 2.57. The molecule has 0 fully saturated rings. The lowest BCUT2D eigenvalue weighted by molar-refractivity contribution is 0.102. The van der Waals surface area contributed by atoms with Gasteiger partial charge in [0.1, 0.15) is 11.5 Å². The topological polar surface area (TPSA) is 58.6 Å². The molecule has 19 heavy (non-hydrogen) atoms. The molecule has 0 radical (unpaired) electrons. The van der Waals surface area contributed by atoms with Crippen molar-refractivity contribution in [3.63, 3.8) is 0 Å². The molecule has 2 rings (SSSR count). The van der Waals surface area contributed by atoms with Crippen molar-refractivity contribution in [1.82, 2.24) is 0 Å². The van der Waals surface area contributed by atoms with Gasteiger partial charge in [-0.25, -0.2) is 0 Å². The van der Waals surface area contributed by atoms with Crippen molar-refractivity contribution in [3.8, 4) is 11.5 Å². The summed E-state index contributed by atoms with van der Waals surface area (Å²) < 4.78 is 5.74. The van der Waals surface area contributed by atoms with E-state index >= 15 is 0 Å². The number of benzene rings is 2. The summed E-state index contributed by atoms with van der Waals surface area (Å²) in [6.07, 6.45) is 0. The number of nitrogens with one attached hydrogen (secondary N) is 1. The Bertz CT molecular complexity index is 613. The van der Waals surface area contributed by atoms with Crippen molar-refractivity contribution in [2.45, 2.75) is 0 Å². The highest BCUT2D eigenvalue weighted by atomic mass is 79.9. The van der Waals surface area contributed by atoms with E-state index in [1.54, 1.807) is 36.4 Å². The number of carbonyl (C=O) groups excluding carboxylic acids is 1. The molecular weight excluding hydrogens is 310 g/mol. The number of para-hydroxylation sites is 2. The first-order valence-electron chi connectivity index (χ1n) is 5.54. The highest BCUT2D eigenvalue weighted by Crippen LogP contribution is 2.26. The molecule has 4 nitrogen and oxygen atoms in total. The minimum absolute atomic E-state index is 0.0230. The summed E-state index contributed by atoms with van der Waals surface area (Å²) in [5, 5.41) is 12.3. The fourth-order valence-electron chi connectivity index (χ4n) is 1.57. The fraction of sp³-hybridized carbons (Fsp3) is 0.0714. The maximum atomic E-state index is 12.1. The van der Waals surface area contributed by atoms with Crippen LogP contribution in [0.2, 0.25) is 0 Å². The minimum atomic E-state index is -0.327. The lowest BCUT2D eigenvalue weighted by Crippen LogP contribution is -2.12. The zero-order valence-corrected chi connectivity index (χ0v) is 11.8. The van der Waals surface area contributed by atoms with Crippen molar-refractivity contribution >= 4 is 27.5 Å². The lowest BCUT2D eigenvalue weighted by Gasteiger charge is -2.09. The molecule has 0 aliphatic carbocycles. The van der Waals surface area contributed by atoms with Crippen molar-refractivity contribution in [1.29, 1.82) is 0 Å². The van der Waals surface area contributed by atoms with Gasteiger partial charge in [0.15, 0.2) is 0 Å². The Morgan fingerprint density at radius 1 is 1.26 bits per heavy atom. The summed E-state index contributed by atoms with van der Waals surface area (Å²) in [5.74, 6) is 0.285. The molecule has 0 heterocycles. The van der Waals surface area contributed by atoms with Crippen LogP contribution in [0, 0.1) is 0 Å². The number of phenolic OH excluding ortho intramolecular Hbond substituents is 1. The first-order valence-corrected chi connectivity index (χ1v) is 6.34. The number of phenols is 1. The molecule has 0 aliphatic heterocycles. The molecular formula is C14H12BrNO3. The molecule has 2 aromatic carbocycles. The predicted molar refractivity (Wildman–Crippen MR) is 76.8 cm³/mol. The summed E-state index contributed by atoms with van der Waals surface area (Å²) in [7, 11) is 1.54. The van der Waals surface area contributed by atoms with Gasteiger partial charge >= 0.3 is 0 Å². The highest BCUT2D eigenvalue weighted by Gasteiger charge is 2.13. The second-order valence-corrected chi connectivity index (χ2v) is 4.67. The van der Waals surface area contributed by atoms with E-state index in [1.165, 1.54) is 13.2 Å². The standard InChI is InChI=1S/C14H12BrNO3/c1-19-9-6-7-11(15)10(8-9)14(18)16-12-4-2-3-5-13(12)17/h2-8,17H,1H3,(H,16,18). The van der Waals surface area contributed by atoms with E-state index in [1.807, 2.05) is 0 Å². The van der Waals surface area contributed by atoms with E-state index in [0.29, 0.717) is 21.5 Å². The summed E-state index contributed by atoms with van der Waals surface area (Å²) in [6.45, 7) is 0. The molecule has 0 unspecified atom stereocenters. The first kappa shape index (κ1) is 13.4. The van der Waals surface area contributed by atoms with Crippen molar-refractivity contribution in [2.75, 3.05) is 12.4 Å². The molecule has 0 bridgehead atoms. The van der Waals surface area contributed by atoms with Gasteiger partial charge in [-0.2, -0.15) is 0 Å². The summed E-state index contributed by atoms with van der Waals surface area (Å²) in [6, 6.07) is 11.7. The number of carbonyl (C=O) groups is 1. The van der Waals surface area contributed by atoms with Crippen LogP contribution in [0.15, 0.2) is 46.9 Å². The molecule has 98 valence electrons. The maximum absolute atomic E-state index is 12.1. The fourth-order valence-corrected chi connectivity index (χ4v) is 2.00. The van der Waals surface area contributed by atoms with Gasteiger partial charge in [-0.3, -0.25) is 4.79 Å². The Morgan fingerprint density at radius 3 is 2.68 bits per heavy atom. The SMILES string of the molecule is COc1ccc(Br)c(C(=O)Nc2ccccc2O)c1. The van der Waals surface area contributed by atoms with Gasteiger partial charge in [-0.15, -0.1) is 0 Å². The zero-order chi connectivity index (χ0) is 13.8. The maximum Gasteiger partial charge on any atom is 0.257 e. The van der Waals surface area contributed by atoms with E-state index in [9.17, 15) is 9.90 Å². The van der Waals surface area contributed by atoms with Crippen LogP contribution >= 0.6 is 15.9 Å². The van der Waals surface area contributed by atoms with Crippen LogP contribution in [0.4, 0.5) is 5.69 Å². The lowest BCUT2D eigenvalue weighted by atomic mass is 10.2. The van der Waals surface area contributed by atoms with E-state index in [-0.39, 0.29) is 11.7 Å². The molecule has 0 aliphatic rings.